The highest BCUT2D eigenvalue weighted by Crippen LogP contribution is 2.07. The zero-order chi connectivity index (χ0) is 20.7. The molecule has 5 N–H and O–H groups in total. The Morgan fingerprint density at radius 2 is 1.72 bits per heavy atom. The van der Waals surface area contributed by atoms with E-state index in [2.05, 4.69) is 4.72 Å². The molecule has 168 valence electrons. The van der Waals surface area contributed by atoms with E-state index in [1.807, 2.05) is 30.3 Å². The summed E-state index contributed by atoms with van der Waals surface area (Å²) in [7, 11) is -3.30. The summed E-state index contributed by atoms with van der Waals surface area (Å²) < 4.78 is 31.9. The van der Waals surface area contributed by atoms with E-state index in [9.17, 15) is 18.3 Å². The van der Waals surface area contributed by atoms with E-state index in [1.54, 1.807) is 0 Å². The van der Waals surface area contributed by atoms with Gasteiger partial charge in [0, 0.05) is 13.0 Å². The maximum atomic E-state index is 11.9. The fraction of sp³-hybridized carbons (Fsp3) is 0.650. The third kappa shape index (κ3) is 16.0. The van der Waals surface area contributed by atoms with Crippen molar-refractivity contribution in [2.24, 2.45) is 0 Å². The first kappa shape index (κ1) is 27.5. The molecule has 0 aliphatic carbocycles. The van der Waals surface area contributed by atoms with E-state index in [1.165, 1.54) is 0 Å². The Balaban J connectivity index is 0.00000784. The summed E-state index contributed by atoms with van der Waals surface area (Å²) in [4.78, 5) is 10.4. The smallest absolute Gasteiger partial charge is 0.303 e. The molecule has 0 saturated heterocycles. The highest BCUT2D eigenvalue weighted by atomic mass is 32.2. The largest absolute Gasteiger partial charge is 0.481 e. The molecule has 1 atom stereocenters. The van der Waals surface area contributed by atoms with E-state index in [0.717, 1.165) is 18.4 Å². The van der Waals surface area contributed by atoms with Gasteiger partial charge in [0.25, 0.3) is 0 Å². The number of rotatable bonds is 17. The lowest BCUT2D eigenvalue weighted by molar-refractivity contribution is -0.137. The lowest BCUT2D eigenvalue weighted by Crippen LogP contribution is -2.27. The van der Waals surface area contributed by atoms with Gasteiger partial charge >= 0.3 is 5.97 Å². The SMILES string of the molecule is O.O=C(O)CCCCCCNS(=O)(=O)CCCCC(O)COCc1ccccc1. The highest BCUT2D eigenvalue weighted by Gasteiger charge is 2.10. The highest BCUT2D eigenvalue weighted by molar-refractivity contribution is 7.89. The number of nitrogens with one attached hydrogen (secondary N) is 1. The molecule has 0 aliphatic heterocycles. The molecular weight excluding hydrogens is 398 g/mol. The molecule has 0 bridgehead atoms. The molecule has 9 heteroatoms. The van der Waals surface area contributed by atoms with Crippen LogP contribution in [0.25, 0.3) is 0 Å². The molecule has 1 rings (SSSR count). The first-order chi connectivity index (χ1) is 13.4. The molecule has 0 aromatic heterocycles. The van der Waals surface area contributed by atoms with Crippen LogP contribution in [0, 0.1) is 0 Å². The standard InChI is InChI=1S/C20H33NO6S.H2O/c22-19(17-27-16-18-10-4-3-5-11-18)12-7-9-15-28(25,26)21-14-8-2-1-6-13-20(23)24;/h3-5,10-11,19,21-22H,1-2,6-9,12-17H2,(H,23,24);1H2. The van der Waals surface area contributed by atoms with Crippen LogP contribution in [-0.4, -0.2) is 55.1 Å². The third-order valence-corrected chi connectivity index (χ3v) is 5.73. The van der Waals surface area contributed by atoms with Crippen LogP contribution < -0.4 is 4.72 Å². The predicted octanol–water partition coefficient (Wildman–Crippen LogP) is 1.86. The monoisotopic (exact) mass is 433 g/mol. The first-order valence-corrected chi connectivity index (χ1v) is 11.5. The van der Waals surface area contributed by atoms with Crippen molar-refractivity contribution in [1.82, 2.24) is 4.72 Å². The van der Waals surface area contributed by atoms with Crippen LogP contribution in [0.4, 0.5) is 0 Å². The molecule has 0 radical (unpaired) electrons. The quantitative estimate of drug-likeness (QED) is 0.320. The van der Waals surface area contributed by atoms with Crippen molar-refractivity contribution in [1.29, 1.82) is 0 Å². The zero-order valence-corrected chi connectivity index (χ0v) is 17.7. The fourth-order valence-electron chi connectivity index (χ4n) is 2.70. The Morgan fingerprint density at radius 1 is 1.03 bits per heavy atom. The van der Waals surface area contributed by atoms with Crippen LogP contribution in [-0.2, 0) is 26.2 Å². The topological polar surface area (TPSA) is 144 Å². The number of ether oxygens (including phenoxy) is 1. The van der Waals surface area contributed by atoms with E-state index in [4.69, 9.17) is 9.84 Å². The van der Waals surface area contributed by atoms with Crippen LogP contribution in [0.1, 0.15) is 56.9 Å². The summed E-state index contributed by atoms with van der Waals surface area (Å²) in [6.45, 7) is 1.07. The van der Waals surface area contributed by atoms with Crippen LogP contribution in [0.3, 0.4) is 0 Å². The van der Waals surface area contributed by atoms with Crippen LogP contribution >= 0.6 is 0 Å². The molecule has 0 amide bonds. The molecule has 0 saturated carbocycles. The lowest BCUT2D eigenvalue weighted by Gasteiger charge is -2.11. The molecule has 8 nitrogen and oxygen atoms in total. The molecular formula is C20H35NO7S. The van der Waals surface area contributed by atoms with Gasteiger partial charge in [0.05, 0.1) is 25.1 Å². The van der Waals surface area contributed by atoms with E-state index in [-0.39, 0.29) is 24.3 Å². The summed E-state index contributed by atoms with van der Waals surface area (Å²) in [5.41, 5.74) is 1.05. The summed E-state index contributed by atoms with van der Waals surface area (Å²) >= 11 is 0. The number of sulfonamides is 1. The Morgan fingerprint density at radius 3 is 2.41 bits per heavy atom. The number of carbonyl (C=O) groups is 1. The second-order valence-electron chi connectivity index (χ2n) is 6.92. The Labute approximate surface area is 173 Å². The third-order valence-electron chi connectivity index (χ3n) is 4.26. The number of carboxylic acid groups (broad SMARTS) is 1. The van der Waals surface area contributed by atoms with Crippen LogP contribution in [0.2, 0.25) is 0 Å². The number of benzene rings is 1. The number of hydrogen-bond donors (Lipinski definition) is 3. The van der Waals surface area contributed by atoms with Gasteiger partial charge < -0.3 is 20.4 Å². The van der Waals surface area contributed by atoms with Crippen molar-refractivity contribution in [3.05, 3.63) is 35.9 Å². The molecule has 0 fully saturated rings. The summed E-state index contributed by atoms with van der Waals surface area (Å²) in [6.07, 6.45) is 4.11. The number of unbranched alkanes of at least 4 members (excludes halogenated alkanes) is 4. The van der Waals surface area contributed by atoms with Gasteiger partial charge in [-0.3, -0.25) is 4.79 Å². The van der Waals surface area contributed by atoms with Crippen LogP contribution in [0.15, 0.2) is 30.3 Å². The first-order valence-electron chi connectivity index (χ1n) is 9.88. The van der Waals surface area contributed by atoms with Gasteiger partial charge in [-0.1, -0.05) is 43.2 Å². The molecule has 0 heterocycles. The van der Waals surface area contributed by atoms with Crippen molar-refractivity contribution < 1.29 is 33.6 Å². The van der Waals surface area contributed by atoms with Crippen molar-refractivity contribution in [2.75, 3.05) is 18.9 Å². The van der Waals surface area contributed by atoms with Crippen molar-refractivity contribution in [3.8, 4) is 0 Å². The van der Waals surface area contributed by atoms with Gasteiger partial charge in [-0.2, -0.15) is 0 Å². The fourth-order valence-corrected chi connectivity index (χ4v) is 3.88. The number of aliphatic hydroxyl groups is 1. The van der Waals surface area contributed by atoms with Gasteiger partial charge in [0.15, 0.2) is 0 Å². The number of aliphatic carboxylic acids is 1. The normalized spacial score (nSPS) is 12.3. The maximum absolute atomic E-state index is 11.9. The average molecular weight is 434 g/mol. The van der Waals surface area contributed by atoms with Gasteiger partial charge in [-0.15, -0.1) is 0 Å². The van der Waals surface area contributed by atoms with Gasteiger partial charge in [-0.25, -0.2) is 13.1 Å². The molecule has 0 spiro atoms. The summed E-state index contributed by atoms with van der Waals surface area (Å²) in [5.74, 6) is -0.752. The van der Waals surface area contributed by atoms with Crippen LogP contribution in [0.5, 0.6) is 0 Å². The van der Waals surface area contributed by atoms with E-state index < -0.39 is 22.1 Å². The Bertz CT molecular complexity index is 637. The lowest BCUT2D eigenvalue weighted by atomic mass is 10.1. The van der Waals surface area contributed by atoms with Gasteiger partial charge in [-0.05, 0) is 37.7 Å². The second kappa shape index (κ2) is 16.3. The van der Waals surface area contributed by atoms with E-state index in [0.29, 0.717) is 45.3 Å². The van der Waals surface area contributed by atoms with Crippen molar-refractivity contribution >= 4 is 16.0 Å². The minimum Gasteiger partial charge on any atom is -0.481 e. The second-order valence-corrected chi connectivity index (χ2v) is 8.85. The van der Waals surface area contributed by atoms with Crippen molar-refractivity contribution in [2.45, 2.75) is 64.1 Å². The molecule has 1 unspecified atom stereocenters. The van der Waals surface area contributed by atoms with Gasteiger partial charge in [0.1, 0.15) is 0 Å². The Kier molecular flexibility index (Phi) is 15.4. The molecule has 1 aromatic carbocycles. The van der Waals surface area contributed by atoms with E-state index >= 15 is 0 Å². The maximum Gasteiger partial charge on any atom is 0.303 e. The predicted molar refractivity (Wildman–Crippen MR) is 112 cm³/mol. The number of aliphatic hydroxyl groups excluding tert-OH is 1. The number of hydrogen-bond acceptors (Lipinski definition) is 5. The molecule has 0 aliphatic rings. The average Bonchev–Trinajstić information content (AvgIpc) is 2.65. The summed E-state index contributed by atoms with van der Waals surface area (Å²) in [6, 6.07) is 9.72. The zero-order valence-electron chi connectivity index (χ0n) is 16.9. The molecule has 29 heavy (non-hydrogen) atoms. The van der Waals surface area contributed by atoms with Gasteiger partial charge in [0.2, 0.25) is 10.0 Å². The molecule has 1 aromatic rings. The Hall–Kier alpha value is -1.52. The number of carboxylic acids is 1. The van der Waals surface area contributed by atoms with Crippen molar-refractivity contribution in [3.63, 3.8) is 0 Å². The minimum absolute atomic E-state index is 0. The minimum atomic E-state index is -3.30. The summed E-state index contributed by atoms with van der Waals surface area (Å²) in [5, 5.41) is 18.4.